The van der Waals surface area contributed by atoms with E-state index in [4.69, 9.17) is 9.84 Å². The zero-order valence-corrected chi connectivity index (χ0v) is 10.6. The van der Waals surface area contributed by atoms with Crippen LogP contribution < -0.4 is 0 Å². The van der Waals surface area contributed by atoms with Gasteiger partial charge in [0.15, 0.2) is 0 Å². The number of rotatable bonds is 5. The van der Waals surface area contributed by atoms with E-state index in [1.54, 1.807) is 6.20 Å². The van der Waals surface area contributed by atoms with Crippen molar-refractivity contribution in [1.82, 2.24) is 4.98 Å². The minimum Gasteiger partial charge on any atom is -0.480 e. The van der Waals surface area contributed by atoms with Gasteiger partial charge < -0.3 is 9.84 Å². The van der Waals surface area contributed by atoms with Crippen LogP contribution in [0, 0.1) is 0 Å². The Morgan fingerprint density at radius 1 is 1.21 bits per heavy atom. The predicted octanol–water partition coefficient (Wildman–Crippen LogP) is 2.45. The summed E-state index contributed by atoms with van der Waals surface area (Å²) in [5, 5.41) is 8.83. The number of aliphatic carboxylic acids is 1. The fourth-order valence-electron chi connectivity index (χ4n) is 1.91. The number of nitrogens with zero attached hydrogens (tertiary/aromatic N) is 1. The third kappa shape index (κ3) is 2.98. The molecule has 4 heteroatoms. The Bertz CT molecular complexity index is 500. The van der Waals surface area contributed by atoms with Crippen molar-refractivity contribution < 1.29 is 14.6 Å². The van der Waals surface area contributed by atoms with E-state index in [1.165, 1.54) is 0 Å². The highest BCUT2D eigenvalue weighted by Crippen LogP contribution is 2.31. The molecule has 1 aromatic heterocycles. The first-order chi connectivity index (χ1) is 9.13. The first-order valence-electron chi connectivity index (χ1n) is 5.96. The molecule has 0 aliphatic rings. The lowest BCUT2D eigenvalue weighted by atomic mass is 9.91. The Morgan fingerprint density at radius 2 is 1.89 bits per heavy atom. The molecule has 1 unspecified atom stereocenters. The van der Waals surface area contributed by atoms with Crippen LogP contribution in [-0.4, -0.2) is 22.7 Å². The maximum atomic E-state index is 10.8. The molecule has 0 bridgehead atoms. The second-order valence-electron chi connectivity index (χ2n) is 4.30. The molecule has 0 spiro atoms. The van der Waals surface area contributed by atoms with Gasteiger partial charge in [-0.2, -0.15) is 0 Å². The van der Waals surface area contributed by atoms with Crippen LogP contribution in [0.15, 0.2) is 54.7 Å². The molecule has 0 saturated heterocycles. The predicted molar refractivity (Wildman–Crippen MR) is 70.7 cm³/mol. The molecule has 1 heterocycles. The van der Waals surface area contributed by atoms with E-state index in [1.807, 2.05) is 55.5 Å². The van der Waals surface area contributed by atoms with Crippen LogP contribution in [0.5, 0.6) is 0 Å². The minimum absolute atomic E-state index is 0.373. The summed E-state index contributed by atoms with van der Waals surface area (Å²) >= 11 is 0. The largest absolute Gasteiger partial charge is 0.480 e. The Balaban J connectivity index is 2.41. The highest BCUT2D eigenvalue weighted by Gasteiger charge is 2.31. The lowest BCUT2D eigenvalue weighted by Gasteiger charge is -2.29. The third-order valence-corrected chi connectivity index (χ3v) is 2.96. The second kappa shape index (κ2) is 5.63. The number of hydrogen-bond donors (Lipinski definition) is 1. The third-order valence-electron chi connectivity index (χ3n) is 2.96. The Labute approximate surface area is 111 Å². The lowest BCUT2D eigenvalue weighted by Crippen LogP contribution is -2.31. The second-order valence-corrected chi connectivity index (χ2v) is 4.30. The molecule has 1 N–H and O–H groups in total. The van der Waals surface area contributed by atoms with Gasteiger partial charge in [0.25, 0.3) is 0 Å². The van der Waals surface area contributed by atoms with Crippen LogP contribution in [0.2, 0.25) is 0 Å². The normalized spacial score (nSPS) is 13.7. The Kier molecular flexibility index (Phi) is 3.92. The SMILES string of the molecule is CC(OCC(=O)O)(c1ccccc1)c1ccccn1. The number of carboxylic acids is 1. The van der Waals surface area contributed by atoms with Crippen molar-refractivity contribution in [2.24, 2.45) is 0 Å². The molecule has 2 aromatic rings. The summed E-state index contributed by atoms with van der Waals surface area (Å²) in [6.45, 7) is 1.45. The van der Waals surface area contributed by atoms with E-state index in [2.05, 4.69) is 4.98 Å². The molecule has 1 aromatic carbocycles. The first kappa shape index (κ1) is 13.2. The summed E-state index contributed by atoms with van der Waals surface area (Å²) in [6.07, 6.45) is 1.67. The number of hydrogen-bond acceptors (Lipinski definition) is 3. The lowest BCUT2D eigenvalue weighted by molar-refractivity contribution is -0.147. The fraction of sp³-hybridized carbons (Fsp3) is 0.200. The van der Waals surface area contributed by atoms with Gasteiger partial charge in [-0.1, -0.05) is 36.4 Å². The van der Waals surface area contributed by atoms with Crippen molar-refractivity contribution in [2.75, 3.05) is 6.61 Å². The molecule has 1 atom stereocenters. The number of carboxylic acid groups (broad SMARTS) is 1. The number of benzene rings is 1. The topological polar surface area (TPSA) is 59.4 Å². The van der Waals surface area contributed by atoms with E-state index >= 15 is 0 Å². The van der Waals surface area contributed by atoms with Crippen molar-refractivity contribution in [3.63, 3.8) is 0 Å². The van der Waals surface area contributed by atoms with Crippen molar-refractivity contribution in [3.05, 3.63) is 66.0 Å². The number of pyridine rings is 1. The van der Waals surface area contributed by atoms with E-state index in [9.17, 15) is 4.79 Å². The van der Waals surface area contributed by atoms with Gasteiger partial charge in [-0.3, -0.25) is 4.98 Å². The van der Waals surface area contributed by atoms with E-state index in [-0.39, 0.29) is 6.61 Å². The van der Waals surface area contributed by atoms with Gasteiger partial charge in [-0.25, -0.2) is 4.79 Å². The van der Waals surface area contributed by atoms with Crippen molar-refractivity contribution in [1.29, 1.82) is 0 Å². The molecule has 0 aliphatic carbocycles. The van der Waals surface area contributed by atoms with Gasteiger partial charge in [0.05, 0.1) is 5.69 Å². The van der Waals surface area contributed by atoms with Crippen LogP contribution in [0.25, 0.3) is 0 Å². The molecule has 0 fully saturated rings. The summed E-state index contributed by atoms with van der Waals surface area (Å²) < 4.78 is 5.60. The maximum Gasteiger partial charge on any atom is 0.329 e. The molecule has 0 radical (unpaired) electrons. The Morgan fingerprint density at radius 3 is 2.47 bits per heavy atom. The summed E-state index contributed by atoms with van der Waals surface area (Å²) in [5.41, 5.74) is 0.679. The van der Waals surface area contributed by atoms with Crippen LogP contribution in [0.3, 0.4) is 0 Å². The molecule has 0 amide bonds. The highest BCUT2D eigenvalue weighted by atomic mass is 16.5. The van der Waals surface area contributed by atoms with Gasteiger partial charge >= 0.3 is 5.97 Å². The van der Waals surface area contributed by atoms with E-state index < -0.39 is 11.6 Å². The summed E-state index contributed by atoms with van der Waals surface area (Å²) in [7, 11) is 0. The average Bonchev–Trinajstić information content (AvgIpc) is 2.46. The van der Waals surface area contributed by atoms with Crippen LogP contribution in [0.1, 0.15) is 18.2 Å². The van der Waals surface area contributed by atoms with Crippen molar-refractivity contribution >= 4 is 5.97 Å². The minimum atomic E-state index is -1.00. The van der Waals surface area contributed by atoms with E-state index in [0.29, 0.717) is 5.69 Å². The molecular weight excluding hydrogens is 242 g/mol. The average molecular weight is 257 g/mol. The quantitative estimate of drug-likeness (QED) is 0.893. The van der Waals surface area contributed by atoms with Crippen LogP contribution >= 0.6 is 0 Å². The molecule has 19 heavy (non-hydrogen) atoms. The van der Waals surface area contributed by atoms with Crippen molar-refractivity contribution in [2.45, 2.75) is 12.5 Å². The van der Waals surface area contributed by atoms with Crippen molar-refractivity contribution in [3.8, 4) is 0 Å². The maximum absolute atomic E-state index is 10.8. The molecular formula is C15H15NO3. The molecule has 98 valence electrons. The zero-order valence-electron chi connectivity index (χ0n) is 10.6. The summed E-state index contributed by atoms with van der Waals surface area (Å²) in [6, 6.07) is 15.0. The smallest absolute Gasteiger partial charge is 0.329 e. The van der Waals surface area contributed by atoms with Crippen LogP contribution in [0.4, 0.5) is 0 Å². The van der Waals surface area contributed by atoms with Gasteiger partial charge in [0, 0.05) is 6.20 Å². The van der Waals surface area contributed by atoms with Gasteiger partial charge in [-0.15, -0.1) is 0 Å². The van der Waals surface area contributed by atoms with Crippen LogP contribution in [-0.2, 0) is 15.1 Å². The summed E-state index contributed by atoms with van der Waals surface area (Å²) in [5.74, 6) is -1.00. The first-order valence-corrected chi connectivity index (χ1v) is 5.96. The van der Waals surface area contributed by atoms with E-state index in [0.717, 1.165) is 5.56 Å². The molecule has 2 rings (SSSR count). The van der Waals surface area contributed by atoms with Gasteiger partial charge in [0.1, 0.15) is 12.2 Å². The molecule has 0 saturated carbocycles. The van der Waals surface area contributed by atoms with Gasteiger partial charge in [0.2, 0.25) is 0 Å². The number of ether oxygens (including phenoxy) is 1. The standard InChI is InChI=1S/C15H15NO3/c1-15(19-11-14(17)18,12-7-3-2-4-8-12)13-9-5-6-10-16-13/h2-10H,11H2,1H3,(H,17,18). The number of carbonyl (C=O) groups is 1. The highest BCUT2D eigenvalue weighted by molar-refractivity contribution is 5.68. The zero-order chi connectivity index (χ0) is 13.7. The Hall–Kier alpha value is -2.20. The van der Waals surface area contributed by atoms with Gasteiger partial charge in [-0.05, 0) is 24.6 Å². The monoisotopic (exact) mass is 257 g/mol. The summed E-state index contributed by atoms with van der Waals surface area (Å²) in [4.78, 5) is 15.1. The molecule has 4 nitrogen and oxygen atoms in total. The number of aromatic nitrogens is 1. The molecule has 0 aliphatic heterocycles. The fourth-order valence-corrected chi connectivity index (χ4v) is 1.91.